The van der Waals surface area contributed by atoms with Crippen LogP contribution in [0.1, 0.15) is 25.1 Å². The summed E-state index contributed by atoms with van der Waals surface area (Å²) in [5.74, 6) is -0.0769. The molecule has 5 unspecified atom stereocenters. The number of hydrogen-bond donors (Lipinski definition) is 3. The average Bonchev–Trinajstić information content (AvgIpc) is 2.97. The second-order valence-electron chi connectivity index (χ2n) is 5.27. The maximum Gasteiger partial charge on any atom is 0.303 e. The first-order valence-electron chi connectivity index (χ1n) is 6.66. The minimum absolute atomic E-state index is 0.166. The summed E-state index contributed by atoms with van der Waals surface area (Å²) < 4.78 is 12.3. The maximum atomic E-state index is 11.4. The zero-order valence-corrected chi connectivity index (χ0v) is 11.4. The molecule has 0 aromatic carbocycles. The third kappa shape index (κ3) is 1.59. The third-order valence-electron chi connectivity index (χ3n) is 3.91. The van der Waals surface area contributed by atoms with Crippen molar-refractivity contribution >= 4 is 23.0 Å². The zero-order valence-electron chi connectivity index (χ0n) is 11.4. The molecule has 2 aliphatic rings. The quantitative estimate of drug-likeness (QED) is 0.544. The van der Waals surface area contributed by atoms with Crippen LogP contribution in [0, 0.1) is 0 Å². The largest absolute Gasteiger partial charge is 0.451 e. The minimum atomic E-state index is -1.20. The van der Waals surface area contributed by atoms with Gasteiger partial charge >= 0.3 is 5.97 Å². The van der Waals surface area contributed by atoms with Crippen molar-refractivity contribution in [1.29, 1.82) is 0 Å². The molecule has 0 saturated carbocycles. The van der Waals surface area contributed by atoms with Gasteiger partial charge in [0.1, 0.15) is 24.6 Å². The summed E-state index contributed by atoms with van der Waals surface area (Å²) in [6.45, 7) is 1.24. The number of nitrogens with zero attached hydrogens (tertiary/aromatic N) is 4. The van der Waals surface area contributed by atoms with Gasteiger partial charge in [0.2, 0.25) is 0 Å². The van der Waals surface area contributed by atoms with E-state index < -0.39 is 36.6 Å². The summed E-state index contributed by atoms with van der Waals surface area (Å²) in [5, 5.41) is 20.3. The molecule has 116 valence electrons. The fourth-order valence-corrected chi connectivity index (χ4v) is 2.99. The van der Waals surface area contributed by atoms with Gasteiger partial charge in [-0.1, -0.05) is 0 Å². The number of carbonyl (C=O) groups excluding carboxylic acids is 1. The van der Waals surface area contributed by atoms with Gasteiger partial charge in [-0.2, -0.15) is 0 Å². The molecule has 4 heterocycles. The zero-order chi connectivity index (χ0) is 15.6. The highest BCUT2D eigenvalue weighted by Gasteiger charge is 2.55. The van der Waals surface area contributed by atoms with Crippen LogP contribution in [0.2, 0.25) is 0 Å². The molecule has 10 heteroatoms. The van der Waals surface area contributed by atoms with Crippen molar-refractivity contribution < 1.29 is 24.5 Å². The summed E-state index contributed by atoms with van der Waals surface area (Å²) in [7, 11) is 0. The predicted octanol–water partition coefficient (Wildman–Crippen LogP) is -1.35. The van der Waals surface area contributed by atoms with E-state index in [2.05, 4.69) is 15.0 Å². The van der Waals surface area contributed by atoms with Crippen LogP contribution in [-0.4, -0.2) is 54.0 Å². The Kier molecular flexibility index (Phi) is 2.64. The smallest absolute Gasteiger partial charge is 0.303 e. The highest BCUT2D eigenvalue weighted by atomic mass is 16.6. The molecule has 0 radical (unpaired) electrons. The SMILES string of the molecule is CC(=O)OC1c2nc3c(N)ncnc3n2C2OC1C(O)C2O. The van der Waals surface area contributed by atoms with Gasteiger partial charge in [-0.25, -0.2) is 15.0 Å². The highest BCUT2D eigenvalue weighted by molar-refractivity contribution is 5.82. The Balaban J connectivity index is 1.97. The lowest BCUT2D eigenvalue weighted by molar-refractivity contribution is -0.168. The van der Waals surface area contributed by atoms with Crippen molar-refractivity contribution in [1.82, 2.24) is 19.5 Å². The number of rotatable bonds is 1. The van der Waals surface area contributed by atoms with Gasteiger partial charge in [0, 0.05) is 6.92 Å². The number of anilines is 1. The second kappa shape index (κ2) is 4.35. The van der Waals surface area contributed by atoms with E-state index in [1.165, 1.54) is 17.8 Å². The lowest BCUT2D eigenvalue weighted by atomic mass is 10.1. The first kappa shape index (κ1) is 13.4. The number of imidazole rings is 1. The molecule has 0 aliphatic carbocycles. The number of esters is 1. The van der Waals surface area contributed by atoms with E-state index in [4.69, 9.17) is 15.2 Å². The summed E-state index contributed by atoms with van der Waals surface area (Å²) in [4.78, 5) is 23.7. The van der Waals surface area contributed by atoms with Crippen molar-refractivity contribution in [2.45, 2.75) is 37.6 Å². The maximum absolute atomic E-state index is 11.4. The molecular formula is C12H13N5O5. The Bertz CT molecular complexity index is 777. The van der Waals surface area contributed by atoms with Crippen LogP contribution in [0.25, 0.3) is 11.2 Å². The Morgan fingerprint density at radius 3 is 2.91 bits per heavy atom. The number of nitrogens with two attached hydrogens (primary N) is 1. The van der Waals surface area contributed by atoms with Crippen LogP contribution in [-0.2, 0) is 14.3 Å². The molecule has 1 saturated heterocycles. The first-order valence-corrected chi connectivity index (χ1v) is 6.66. The van der Waals surface area contributed by atoms with Gasteiger partial charge in [-0.05, 0) is 0 Å². The van der Waals surface area contributed by atoms with E-state index in [-0.39, 0.29) is 5.82 Å². The van der Waals surface area contributed by atoms with Gasteiger partial charge in [0.15, 0.2) is 35.1 Å². The number of aliphatic hydroxyl groups excluding tert-OH is 2. The number of fused-ring (bicyclic) bond motifs is 6. The van der Waals surface area contributed by atoms with E-state index >= 15 is 0 Å². The molecule has 5 atom stereocenters. The number of aliphatic hydroxyl groups is 2. The fraction of sp³-hybridized carbons (Fsp3) is 0.500. The Morgan fingerprint density at radius 1 is 1.41 bits per heavy atom. The van der Waals surface area contributed by atoms with Gasteiger partial charge in [-0.3, -0.25) is 9.36 Å². The van der Waals surface area contributed by atoms with E-state index in [1.54, 1.807) is 0 Å². The van der Waals surface area contributed by atoms with Crippen LogP contribution in [0.3, 0.4) is 0 Å². The average molecular weight is 307 g/mol. The number of aromatic nitrogens is 4. The number of nitrogen functional groups attached to an aromatic ring is 1. The standard InChI is InChI=1S/C12H13N5O5/c1-3(18)21-8-7-5(19)6(20)12(22-7)17-10-4(16-11(8)17)9(13)14-2-15-10/h2,5-8,12,19-20H,1H3,(H2,13,14,15). The molecule has 4 N–H and O–H groups in total. The van der Waals surface area contributed by atoms with Crippen LogP contribution < -0.4 is 5.73 Å². The van der Waals surface area contributed by atoms with Crippen molar-refractivity contribution in [2.75, 3.05) is 5.73 Å². The van der Waals surface area contributed by atoms with Crippen LogP contribution >= 0.6 is 0 Å². The monoisotopic (exact) mass is 307 g/mol. The van der Waals surface area contributed by atoms with E-state index in [1.807, 2.05) is 0 Å². The topological polar surface area (TPSA) is 146 Å². The molecular weight excluding hydrogens is 294 g/mol. The van der Waals surface area contributed by atoms with Gasteiger partial charge in [0.25, 0.3) is 0 Å². The van der Waals surface area contributed by atoms with Crippen LogP contribution in [0.5, 0.6) is 0 Å². The first-order chi connectivity index (χ1) is 10.5. The molecule has 2 bridgehead atoms. The molecule has 1 fully saturated rings. The molecule has 2 aromatic rings. The van der Waals surface area contributed by atoms with Crippen molar-refractivity contribution in [3.05, 3.63) is 12.2 Å². The van der Waals surface area contributed by atoms with Crippen LogP contribution in [0.4, 0.5) is 5.82 Å². The fourth-order valence-electron chi connectivity index (χ4n) is 2.99. The molecule has 0 amide bonds. The highest BCUT2D eigenvalue weighted by Crippen LogP contribution is 2.45. The Hall–Kier alpha value is -2.30. The van der Waals surface area contributed by atoms with Crippen LogP contribution in [0.15, 0.2) is 6.33 Å². The van der Waals surface area contributed by atoms with E-state index in [9.17, 15) is 15.0 Å². The summed E-state index contributed by atoms with van der Waals surface area (Å²) in [5.41, 5.74) is 6.46. The lowest BCUT2D eigenvalue weighted by Crippen LogP contribution is -2.36. The number of carbonyl (C=O) groups is 1. The van der Waals surface area contributed by atoms with Gasteiger partial charge in [0.05, 0.1) is 0 Å². The molecule has 22 heavy (non-hydrogen) atoms. The molecule has 0 spiro atoms. The minimum Gasteiger partial charge on any atom is -0.451 e. The third-order valence-corrected chi connectivity index (χ3v) is 3.91. The van der Waals surface area contributed by atoms with Crippen molar-refractivity contribution in [2.24, 2.45) is 0 Å². The van der Waals surface area contributed by atoms with Gasteiger partial charge in [-0.15, -0.1) is 0 Å². The lowest BCUT2D eigenvalue weighted by Gasteiger charge is -2.29. The number of ether oxygens (including phenoxy) is 2. The molecule has 2 aromatic heterocycles. The normalized spacial score (nSPS) is 33.0. The summed E-state index contributed by atoms with van der Waals surface area (Å²) in [6, 6.07) is 0. The Morgan fingerprint density at radius 2 is 2.18 bits per heavy atom. The number of hydrogen-bond acceptors (Lipinski definition) is 9. The van der Waals surface area contributed by atoms with E-state index in [0.29, 0.717) is 17.0 Å². The van der Waals surface area contributed by atoms with Gasteiger partial charge < -0.3 is 25.4 Å². The van der Waals surface area contributed by atoms with Crippen molar-refractivity contribution in [3.63, 3.8) is 0 Å². The Labute approximate surface area is 123 Å². The van der Waals surface area contributed by atoms with Crippen molar-refractivity contribution in [3.8, 4) is 0 Å². The molecule has 2 aliphatic heterocycles. The summed E-state index contributed by atoms with van der Waals surface area (Å²) in [6.07, 6.45) is -3.88. The van der Waals surface area contributed by atoms with E-state index in [0.717, 1.165) is 0 Å². The molecule has 10 nitrogen and oxygen atoms in total. The predicted molar refractivity (Wildman–Crippen MR) is 70.2 cm³/mol. The second-order valence-corrected chi connectivity index (χ2v) is 5.27. The molecule has 4 rings (SSSR count). The summed E-state index contributed by atoms with van der Waals surface area (Å²) >= 11 is 0.